The fourth-order valence-corrected chi connectivity index (χ4v) is 4.18. The van der Waals surface area contributed by atoms with Crippen molar-refractivity contribution in [1.29, 1.82) is 0 Å². The average Bonchev–Trinajstić information content (AvgIpc) is 3.09. The van der Waals surface area contributed by atoms with Crippen molar-refractivity contribution in [2.24, 2.45) is 0 Å². The highest BCUT2D eigenvalue weighted by molar-refractivity contribution is 6.62. The number of carboxylic acid groups (broad SMARTS) is 1. The zero-order valence-corrected chi connectivity index (χ0v) is 22.0. The van der Waals surface area contributed by atoms with E-state index in [2.05, 4.69) is 0 Å². The molecule has 0 aromatic heterocycles. The van der Waals surface area contributed by atoms with E-state index < -0.39 is 54.2 Å². The quantitative estimate of drug-likeness (QED) is 0.630. The van der Waals surface area contributed by atoms with Crippen molar-refractivity contribution in [3.8, 4) is 0 Å². The van der Waals surface area contributed by atoms with Crippen molar-refractivity contribution >= 4 is 31.1 Å². The standard InChI is InChI=1S/C26H32B2F2O6/c1-23(2)24(3,4)34-27(33-23)18-11-15(10-17(12-18)22(31)32)9-16-13-19(21(30)14-20(16)29)28-35-25(5,6)26(7,8)36-28/h10-14H,9H2,1-8H3,(H,31,32). The molecule has 6 nitrogen and oxygen atoms in total. The molecule has 0 unspecified atom stereocenters. The summed E-state index contributed by atoms with van der Waals surface area (Å²) in [6, 6.07) is 6.88. The molecule has 4 rings (SSSR count). The van der Waals surface area contributed by atoms with Crippen LogP contribution in [0.5, 0.6) is 0 Å². The van der Waals surface area contributed by atoms with E-state index in [0.717, 1.165) is 6.07 Å². The Hall–Kier alpha value is -2.26. The second-order valence-corrected chi connectivity index (χ2v) is 11.6. The third-order valence-electron chi connectivity index (χ3n) is 7.85. The summed E-state index contributed by atoms with van der Waals surface area (Å²) in [5.41, 5.74) is -1.28. The van der Waals surface area contributed by atoms with Gasteiger partial charge in [0.25, 0.3) is 0 Å². The van der Waals surface area contributed by atoms with E-state index in [4.69, 9.17) is 18.6 Å². The monoisotopic (exact) mass is 500 g/mol. The van der Waals surface area contributed by atoms with Gasteiger partial charge in [0.05, 0.1) is 28.0 Å². The molecule has 0 radical (unpaired) electrons. The Morgan fingerprint density at radius 1 is 0.750 bits per heavy atom. The summed E-state index contributed by atoms with van der Waals surface area (Å²) >= 11 is 0. The van der Waals surface area contributed by atoms with Crippen LogP contribution in [0.15, 0.2) is 30.3 Å². The van der Waals surface area contributed by atoms with Crippen LogP contribution in [0.4, 0.5) is 8.78 Å². The minimum Gasteiger partial charge on any atom is -0.478 e. The molecule has 2 aromatic rings. The molecular formula is C26H32B2F2O6. The number of carboxylic acids is 1. The molecule has 2 saturated heterocycles. The van der Waals surface area contributed by atoms with Gasteiger partial charge in [0, 0.05) is 17.9 Å². The molecule has 36 heavy (non-hydrogen) atoms. The predicted molar refractivity (Wildman–Crippen MR) is 134 cm³/mol. The van der Waals surface area contributed by atoms with E-state index in [1.807, 2.05) is 55.4 Å². The summed E-state index contributed by atoms with van der Waals surface area (Å²) in [6.07, 6.45) is 0.0201. The number of rotatable bonds is 5. The Bertz CT molecular complexity index is 1180. The van der Waals surface area contributed by atoms with Crippen molar-refractivity contribution in [3.05, 3.63) is 58.7 Å². The molecule has 0 atom stereocenters. The first-order chi connectivity index (χ1) is 16.4. The molecule has 192 valence electrons. The van der Waals surface area contributed by atoms with E-state index in [1.165, 1.54) is 18.2 Å². The Balaban J connectivity index is 1.69. The molecule has 2 heterocycles. The van der Waals surface area contributed by atoms with Gasteiger partial charge in [-0.3, -0.25) is 0 Å². The normalized spacial score (nSPS) is 21.7. The summed E-state index contributed by atoms with van der Waals surface area (Å²) in [5.74, 6) is -2.65. The topological polar surface area (TPSA) is 74.2 Å². The minimum absolute atomic E-state index is 0.0194. The van der Waals surface area contributed by atoms with E-state index in [9.17, 15) is 18.7 Å². The maximum absolute atomic E-state index is 14.9. The van der Waals surface area contributed by atoms with Crippen LogP contribution in [0.1, 0.15) is 76.9 Å². The molecular weight excluding hydrogens is 468 g/mol. The van der Waals surface area contributed by atoms with Gasteiger partial charge in [0.1, 0.15) is 11.6 Å². The van der Waals surface area contributed by atoms with Crippen LogP contribution >= 0.6 is 0 Å². The van der Waals surface area contributed by atoms with Crippen molar-refractivity contribution in [2.45, 2.75) is 84.2 Å². The molecule has 10 heteroatoms. The van der Waals surface area contributed by atoms with E-state index in [0.29, 0.717) is 11.0 Å². The minimum atomic E-state index is -1.13. The lowest BCUT2D eigenvalue weighted by Gasteiger charge is -2.32. The maximum atomic E-state index is 14.9. The van der Waals surface area contributed by atoms with Crippen LogP contribution in [0.2, 0.25) is 0 Å². The van der Waals surface area contributed by atoms with Crippen molar-refractivity contribution < 1.29 is 37.3 Å². The molecule has 2 fully saturated rings. The molecule has 0 amide bonds. The number of halogens is 2. The first kappa shape index (κ1) is 26.8. The molecule has 0 saturated carbocycles. The van der Waals surface area contributed by atoms with Crippen molar-refractivity contribution in [2.75, 3.05) is 0 Å². The van der Waals surface area contributed by atoms with Crippen molar-refractivity contribution in [3.63, 3.8) is 0 Å². The third kappa shape index (κ3) is 4.72. The number of aromatic carboxylic acids is 1. The predicted octanol–water partition coefficient (Wildman–Crippen LogP) is 3.85. The maximum Gasteiger partial charge on any atom is 0.497 e. The average molecular weight is 500 g/mol. The van der Waals surface area contributed by atoms with Gasteiger partial charge in [-0.1, -0.05) is 12.1 Å². The summed E-state index contributed by atoms with van der Waals surface area (Å²) in [4.78, 5) is 11.9. The molecule has 1 N–H and O–H groups in total. The number of carbonyl (C=O) groups is 1. The largest absolute Gasteiger partial charge is 0.497 e. The highest BCUT2D eigenvalue weighted by atomic mass is 19.1. The van der Waals surface area contributed by atoms with Gasteiger partial charge >= 0.3 is 20.2 Å². The molecule has 0 bridgehead atoms. The van der Waals surface area contributed by atoms with E-state index in [1.54, 1.807) is 6.07 Å². The summed E-state index contributed by atoms with van der Waals surface area (Å²) < 4.78 is 53.8. The van der Waals surface area contributed by atoms with Gasteiger partial charge in [0.15, 0.2) is 0 Å². The van der Waals surface area contributed by atoms with Crippen LogP contribution in [0.3, 0.4) is 0 Å². The van der Waals surface area contributed by atoms with E-state index >= 15 is 0 Å². The van der Waals surface area contributed by atoms with E-state index in [-0.39, 0.29) is 23.0 Å². The molecule has 2 aliphatic rings. The second kappa shape index (κ2) is 8.65. The van der Waals surface area contributed by atoms with Crippen LogP contribution in [0, 0.1) is 11.6 Å². The number of hydrogen-bond acceptors (Lipinski definition) is 5. The lowest BCUT2D eigenvalue weighted by atomic mass is 9.76. The Morgan fingerprint density at radius 2 is 1.25 bits per heavy atom. The highest BCUT2D eigenvalue weighted by Gasteiger charge is 2.53. The second-order valence-electron chi connectivity index (χ2n) is 11.6. The van der Waals surface area contributed by atoms with Crippen molar-refractivity contribution in [1.82, 2.24) is 0 Å². The zero-order valence-electron chi connectivity index (χ0n) is 22.0. The fraction of sp³-hybridized carbons (Fsp3) is 0.500. The van der Waals surface area contributed by atoms with Gasteiger partial charge in [0.2, 0.25) is 0 Å². The van der Waals surface area contributed by atoms with Crippen LogP contribution in [0.25, 0.3) is 0 Å². The van der Waals surface area contributed by atoms with Crippen LogP contribution < -0.4 is 10.9 Å². The van der Waals surface area contributed by atoms with Gasteiger partial charge in [-0.2, -0.15) is 0 Å². The number of hydrogen-bond donors (Lipinski definition) is 1. The smallest absolute Gasteiger partial charge is 0.478 e. The first-order valence-corrected chi connectivity index (χ1v) is 12.0. The molecule has 2 aliphatic heterocycles. The Labute approximate surface area is 211 Å². The highest BCUT2D eigenvalue weighted by Crippen LogP contribution is 2.38. The fourth-order valence-electron chi connectivity index (χ4n) is 4.18. The van der Waals surface area contributed by atoms with Gasteiger partial charge in [-0.05, 0) is 84.1 Å². The molecule has 0 spiro atoms. The molecule has 0 aliphatic carbocycles. The lowest BCUT2D eigenvalue weighted by molar-refractivity contribution is 0.00578. The third-order valence-corrected chi connectivity index (χ3v) is 7.85. The summed E-state index contributed by atoms with van der Waals surface area (Å²) in [7, 11) is -1.79. The lowest BCUT2D eigenvalue weighted by Crippen LogP contribution is -2.41. The zero-order chi connectivity index (χ0) is 26.8. The van der Waals surface area contributed by atoms with Crippen LogP contribution in [-0.4, -0.2) is 47.7 Å². The van der Waals surface area contributed by atoms with Gasteiger partial charge in [-0.25, -0.2) is 13.6 Å². The molecule has 2 aromatic carbocycles. The summed E-state index contributed by atoms with van der Waals surface area (Å²) in [5, 5.41) is 9.69. The summed E-state index contributed by atoms with van der Waals surface area (Å²) in [6.45, 7) is 15.0. The number of benzene rings is 2. The van der Waals surface area contributed by atoms with Gasteiger partial charge in [-0.15, -0.1) is 0 Å². The van der Waals surface area contributed by atoms with Gasteiger partial charge < -0.3 is 23.7 Å². The van der Waals surface area contributed by atoms with Crippen LogP contribution in [-0.2, 0) is 25.0 Å². The Kier molecular flexibility index (Phi) is 6.44. The first-order valence-electron chi connectivity index (χ1n) is 12.0. The Morgan fingerprint density at radius 3 is 1.75 bits per heavy atom. The SMILES string of the molecule is CC1(C)OB(c2cc(Cc3cc(B4OC(C)(C)C(C)(C)O4)c(F)cc3F)cc(C(=O)O)c2)OC1(C)C.